The van der Waals surface area contributed by atoms with Crippen molar-refractivity contribution < 1.29 is 13.6 Å². The number of Topliss-reactive ketones (excluding diaryl/α,β-unsaturated/α-hetero) is 1. The van der Waals surface area contributed by atoms with Gasteiger partial charge in [0.05, 0.1) is 0 Å². The number of ketones is 1. The molecule has 0 spiro atoms. The van der Waals surface area contributed by atoms with Crippen LogP contribution < -0.4 is 0 Å². The fourth-order valence-electron chi connectivity index (χ4n) is 1.08. The molecule has 0 aromatic heterocycles. The van der Waals surface area contributed by atoms with Crippen molar-refractivity contribution in [3.8, 4) is 0 Å². The lowest BCUT2D eigenvalue weighted by molar-refractivity contribution is 0.101. The molecule has 70 valence electrons. The lowest BCUT2D eigenvalue weighted by Gasteiger charge is -2.08. The van der Waals surface area contributed by atoms with Crippen LogP contribution in [-0.4, -0.2) is 14.5 Å². The molecule has 0 aliphatic rings. The Labute approximate surface area is 79.1 Å². The van der Waals surface area contributed by atoms with Crippen LogP contribution in [0.3, 0.4) is 0 Å². The first kappa shape index (κ1) is 10.1. The van der Waals surface area contributed by atoms with E-state index in [0.29, 0.717) is 5.56 Å². The van der Waals surface area contributed by atoms with Crippen molar-refractivity contribution in [3.63, 3.8) is 0 Å². The Hall–Kier alpha value is -1.00. The van der Waals surface area contributed by atoms with Gasteiger partial charge in [-0.1, -0.05) is 6.07 Å². The summed E-state index contributed by atoms with van der Waals surface area (Å²) in [5.74, 6) is -0.121. The van der Waals surface area contributed by atoms with Gasteiger partial charge in [-0.05, 0) is 42.6 Å². The minimum Gasteiger partial charge on any atom is -0.768 e. The second kappa shape index (κ2) is 3.81. The maximum atomic E-state index is 11.0. The highest BCUT2D eigenvalue weighted by molar-refractivity contribution is 7.79. The van der Waals surface area contributed by atoms with Crippen molar-refractivity contribution in [2.24, 2.45) is 0 Å². The van der Waals surface area contributed by atoms with Gasteiger partial charge >= 0.3 is 0 Å². The third-order valence-corrected chi connectivity index (χ3v) is 2.42. The molecule has 0 saturated carbocycles. The molecule has 1 rings (SSSR count). The molecular formula is C9H9O3S-. The Kier molecular flexibility index (Phi) is 2.95. The van der Waals surface area contributed by atoms with Gasteiger partial charge in [-0.25, -0.2) is 0 Å². The maximum absolute atomic E-state index is 11.0. The van der Waals surface area contributed by atoms with E-state index in [9.17, 15) is 13.6 Å². The van der Waals surface area contributed by atoms with E-state index in [1.807, 2.05) is 0 Å². The van der Waals surface area contributed by atoms with Crippen LogP contribution in [0.1, 0.15) is 22.8 Å². The molecule has 0 saturated heterocycles. The molecule has 1 atom stereocenters. The van der Waals surface area contributed by atoms with Crippen molar-refractivity contribution in [3.05, 3.63) is 29.3 Å². The van der Waals surface area contributed by atoms with E-state index in [4.69, 9.17) is 0 Å². The standard InChI is InChI=1S/C9H10O3S/c1-6-3-4-8(13(11)12)5-9(6)7(2)10/h3-5H,1-2H3,(H,11,12)/p-1. The third kappa shape index (κ3) is 2.23. The second-order valence-corrected chi connectivity index (χ2v) is 3.71. The lowest BCUT2D eigenvalue weighted by atomic mass is 10.1. The summed E-state index contributed by atoms with van der Waals surface area (Å²) in [4.78, 5) is 11.2. The quantitative estimate of drug-likeness (QED) is 0.532. The largest absolute Gasteiger partial charge is 0.768 e. The summed E-state index contributed by atoms with van der Waals surface area (Å²) in [6.07, 6.45) is 0. The number of benzene rings is 1. The Bertz CT molecular complexity index is 371. The van der Waals surface area contributed by atoms with Crippen LogP contribution in [0.25, 0.3) is 0 Å². The molecule has 0 fully saturated rings. The molecule has 1 aromatic rings. The van der Waals surface area contributed by atoms with Crippen LogP contribution in [0, 0.1) is 6.92 Å². The van der Waals surface area contributed by atoms with Gasteiger partial charge < -0.3 is 4.55 Å². The molecular weight excluding hydrogens is 188 g/mol. The normalized spacial score (nSPS) is 12.5. The first-order valence-electron chi connectivity index (χ1n) is 3.73. The summed E-state index contributed by atoms with van der Waals surface area (Å²) in [5.41, 5.74) is 1.25. The number of hydrogen-bond acceptors (Lipinski definition) is 3. The number of rotatable bonds is 2. The highest BCUT2D eigenvalue weighted by atomic mass is 32.2. The molecule has 0 bridgehead atoms. The number of aryl methyl sites for hydroxylation is 1. The van der Waals surface area contributed by atoms with Gasteiger partial charge in [-0.2, -0.15) is 0 Å². The van der Waals surface area contributed by atoms with Crippen LogP contribution in [0.5, 0.6) is 0 Å². The van der Waals surface area contributed by atoms with E-state index in [0.717, 1.165) is 5.56 Å². The van der Waals surface area contributed by atoms with E-state index < -0.39 is 11.1 Å². The Morgan fingerprint density at radius 1 is 1.46 bits per heavy atom. The SMILES string of the molecule is CC(=O)c1cc(S(=O)[O-])ccc1C. The molecule has 13 heavy (non-hydrogen) atoms. The molecule has 0 aliphatic heterocycles. The van der Waals surface area contributed by atoms with E-state index in [1.54, 1.807) is 13.0 Å². The predicted octanol–water partition coefficient (Wildman–Crippen LogP) is 1.44. The van der Waals surface area contributed by atoms with Gasteiger partial charge in [0.1, 0.15) is 0 Å². The van der Waals surface area contributed by atoms with Crippen molar-refractivity contribution in [1.29, 1.82) is 0 Å². The van der Waals surface area contributed by atoms with Crippen LogP contribution in [-0.2, 0) is 11.1 Å². The number of carbonyl (C=O) groups excluding carboxylic acids is 1. The zero-order chi connectivity index (χ0) is 10.0. The smallest absolute Gasteiger partial charge is 0.160 e. The minimum atomic E-state index is -2.27. The Morgan fingerprint density at radius 2 is 2.08 bits per heavy atom. The van der Waals surface area contributed by atoms with Crippen LogP contribution in [0.15, 0.2) is 23.1 Å². The third-order valence-electron chi connectivity index (χ3n) is 1.78. The van der Waals surface area contributed by atoms with Crippen LogP contribution >= 0.6 is 0 Å². The highest BCUT2D eigenvalue weighted by Gasteiger charge is 2.04. The van der Waals surface area contributed by atoms with Gasteiger partial charge in [0.15, 0.2) is 5.78 Å². The first-order valence-corrected chi connectivity index (χ1v) is 4.80. The van der Waals surface area contributed by atoms with Crippen molar-refractivity contribution in [1.82, 2.24) is 0 Å². The number of hydrogen-bond donors (Lipinski definition) is 0. The van der Waals surface area contributed by atoms with Gasteiger partial charge in [-0.3, -0.25) is 9.00 Å². The summed E-state index contributed by atoms with van der Waals surface area (Å²) in [7, 11) is 0. The zero-order valence-electron chi connectivity index (χ0n) is 7.37. The summed E-state index contributed by atoms with van der Waals surface area (Å²) >= 11 is -2.27. The van der Waals surface area contributed by atoms with E-state index >= 15 is 0 Å². The molecule has 4 heteroatoms. The Morgan fingerprint density at radius 3 is 2.54 bits per heavy atom. The van der Waals surface area contributed by atoms with E-state index in [-0.39, 0.29) is 10.7 Å². The maximum Gasteiger partial charge on any atom is 0.160 e. The molecule has 0 N–H and O–H groups in total. The average molecular weight is 197 g/mol. The summed E-state index contributed by atoms with van der Waals surface area (Å²) in [5, 5.41) is 0. The predicted molar refractivity (Wildman–Crippen MR) is 48.4 cm³/mol. The molecule has 0 radical (unpaired) electrons. The minimum absolute atomic E-state index is 0.121. The van der Waals surface area contributed by atoms with Gasteiger partial charge in [0, 0.05) is 10.5 Å². The van der Waals surface area contributed by atoms with Crippen molar-refractivity contribution >= 4 is 16.9 Å². The van der Waals surface area contributed by atoms with Crippen LogP contribution in [0.2, 0.25) is 0 Å². The lowest BCUT2D eigenvalue weighted by Crippen LogP contribution is -1.98. The monoisotopic (exact) mass is 197 g/mol. The van der Waals surface area contributed by atoms with Gasteiger partial charge in [-0.15, -0.1) is 0 Å². The molecule has 0 heterocycles. The molecule has 0 aliphatic carbocycles. The van der Waals surface area contributed by atoms with Crippen molar-refractivity contribution in [2.75, 3.05) is 0 Å². The fraction of sp³-hybridized carbons (Fsp3) is 0.222. The molecule has 0 amide bonds. The van der Waals surface area contributed by atoms with Crippen LogP contribution in [0.4, 0.5) is 0 Å². The topological polar surface area (TPSA) is 57.2 Å². The summed E-state index contributed by atoms with van der Waals surface area (Å²) in [6.45, 7) is 3.19. The second-order valence-electron chi connectivity index (χ2n) is 2.77. The van der Waals surface area contributed by atoms with E-state index in [2.05, 4.69) is 0 Å². The van der Waals surface area contributed by atoms with Gasteiger partial charge in [0.25, 0.3) is 0 Å². The molecule has 1 unspecified atom stereocenters. The molecule has 3 nitrogen and oxygen atoms in total. The summed E-state index contributed by atoms with van der Waals surface area (Å²) in [6, 6.07) is 4.49. The number of carbonyl (C=O) groups is 1. The average Bonchev–Trinajstić information content (AvgIpc) is 2.04. The van der Waals surface area contributed by atoms with Crippen molar-refractivity contribution in [2.45, 2.75) is 18.7 Å². The van der Waals surface area contributed by atoms with E-state index in [1.165, 1.54) is 19.1 Å². The zero-order valence-corrected chi connectivity index (χ0v) is 8.18. The fourth-order valence-corrected chi connectivity index (χ4v) is 1.48. The Balaban J connectivity index is 3.27. The summed E-state index contributed by atoms with van der Waals surface area (Å²) < 4.78 is 21.2. The highest BCUT2D eigenvalue weighted by Crippen LogP contribution is 2.13. The molecule has 1 aromatic carbocycles. The van der Waals surface area contributed by atoms with Gasteiger partial charge in [0.2, 0.25) is 0 Å². The first-order chi connectivity index (χ1) is 6.02.